The van der Waals surface area contributed by atoms with Crippen molar-refractivity contribution in [3.8, 4) is 5.75 Å². The molecule has 0 aliphatic heterocycles. The van der Waals surface area contributed by atoms with Crippen molar-refractivity contribution < 1.29 is 14.1 Å². The van der Waals surface area contributed by atoms with Gasteiger partial charge in [-0.25, -0.2) is 4.98 Å². The molecule has 8 heteroatoms. The molecule has 25 heavy (non-hydrogen) atoms. The number of benzene rings is 1. The number of anilines is 1. The van der Waals surface area contributed by atoms with E-state index in [-0.39, 0.29) is 11.7 Å². The minimum absolute atomic E-state index is 0.202. The molecule has 132 valence electrons. The highest BCUT2D eigenvalue weighted by molar-refractivity contribution is 7.22. The Morgan fingerprint density at radius 3 is 2.80 bits per heavy atom. The van der Waals surface area contributed by atoms with Gasteiger partial charge in [-0.1, -0.05) is 16.5 Å². The Hall–Kier alpha value is -2.45. The molecule has 2 aromatic heterocycles. The maximum absolute atomic E-state index is 12.8. The predicted octanol–water partition coefficient (Wildman–Crippen LogP) is 2.89. The average Bonchev–Trinajstić information content (AvgIpc) is 3.24. The Morgan fingerprint density at radius 2 is 2.12 bits per heavy atom. The molecule has 0 saturated carbocycles. The third-order valence-electron chi connectivity index (χ3n) is 3.56. The highest BCUT2D eigenvalue weighted by Gasteiger charge is 2.24. The largest absolute Gasteiger partial charge is 0.494 e. The minimum atomic E-state index is -0.247. The molecule has 0 saturated heterocycles. The van der Waals surface area contributed by atoms with Crippen LogP contribution in [0.1, 0.15) is 17.5 Å². The van der Waals surface area contributed by atoms with Gasteiger partial charge in [-0.3, -0.25) is 9.69 Å². The first-order valence-corrected chi connectivity index (χ1v) is 8.81. The van der Waals surface area contributed by atoms with Crippen LogP contribution in [0.15, 0.2) is 35.0 Å². The van der Waals surface area contributed by atoms with Gasteiger partial charge in [-0.05, 0) is 39.2 Å². The number of ether oxygens (including phenoxy) is 1. The van der Waals surface area contributed by atoms with Crippen LogP contribution in [0.2, 0.25) is 0 Å². The summed E-state index contributed by atoms with van der Waals surface area (Å²) in [4.78, 5) is 21.0. The number of carbonyl (C=O) groups excluding carboxylic acids is 1. The first kappa shape index (κ1) is 17.4. The van der Waals surface area contributed by atoms with Crippen LogP contribution < -0.4 is 9.64 Å². The van der Waals surface area contributed by atoms with Crippen LogP contribution >= 0.6 is 11.3 Å². The van der Waals surface area contributed by atoms with Crippen LogP contribution in [-0.2, 0) is 0 Å². The summed E-state index contributed by atoms with van der Waals surface area (Å²) in [6, 6.07) is 7.30. The number of hydrogen-bond donors (Lipinski definition) is 0. The van der Waals surface area contributed by atoms with E-state index in [1.807, 2.05) is 44.1 Å². The number of hydrogen-bond acceptors (Lipinski definition) is 7. The summed E-state index contributed by atoms with van der Waals surface area (Å²) in [6.07, 6.45) is 1.46. The molecular weight excluding hydrogens is 340 g/mol. The predicted molar refractivity (Wildman–Crippen MR) is 97.5 cm³/mol. The first-order chi connectivity index (χ1) is 12.1. The number of fused-ring (bicyclic) bond motifs is 1. The molecule has 1 amide bonds. The van der Waals surface area contributed by atoms with Gasteiger partial charge in [0.1, 0.15) is 5.75 Å². The lowest BCUT2D eigenvalue weighted by Gasteiger charge is -2.20. The van der Waals surface area contributed by atoms with Crippen molar-refractivity contribution in [2.24, 2.45) is 0 Å². The van der Waals surface area contributed by atoms with Gasteiger partial charge in [-0.15, -0.1) is 0 Å². The van der Waals surface area contributed by atoms with Gasteiger partial charge < -0.3 is 14.2 Å². The molecule has 0 atom stereocenters. The zero-order chi connectivity index (χ0) is 17.8. The third kappa shape index (κ3) is 3.97. The van der Waals surface area contributed by atoms with E-state index in [1.54, 1.807) is 11.0 Å². The number of amides is 1. The van der Waals surface area contributed by atoms with E-state index in [0.29, 0.717) is 24.8 Å². The molecule has 3 rings (SSSR count). The number of carbonyl (C=O) groups is 1. The van der Waals surface area contributed by atoms with E-state index >= 15 is 0 Å². The van der Waals surface area contributed by atoms with Crippen LogP contribution in [0, 0.1) is 0 Å². The molecule has 7 nitrogen and oxygen atoms in total. The summed E-state index contributed by atoms with van der Waals surface area (Å²) in [6.45, 7) is 3.77. The van der Waals surface area contributed by atoms with Crippen molar-refractivity contribution in [2.45, 2.75) is 6.92 Å². The molecule has 0 aliphatic carbocycles. The smallest absolute Gasteiger partial charge is 0.298 e. The number of nitrogens with zero attached hydrogens (tertiary/aromatic N) is 4. The van der Waals surface area contributed by atoms with Crippen LogP contribution in [0.3, 0.4) is 0 Å². The van der Waals surface area contributed by atoms with Crippen LogP contribution in [-0.4, -0.2) is 54.7 Å². The molecule has 0 bridgehead atoms. The maximum atomic E-state index is 12.8. The van der Waals surface area contributed by atoms with Crippen LogP contribution in [0.5, 0.6) is 5.75 Å². The molecule has 0 unspecified atom stereocenters. The first-order valence-electron chi connectivity index (χ1n) is 7.99. The zero-order valence-corrected chi connectivity index (χ0v) is 15.2. The van der Waals surface area contributed by atoms with Crippen molar-refractivity contribution >= 4 is 32.6 Å². The van der Waals surface area contributed by atoms with Gasteiger partial charge in [0.05, 0.1) is 23.0 Å². The molecule has 2 heterocycles. The number of aromatic nitrogens is 2. The van der Waals surface area contributed by atoms with Gasteiger partial charge >= 0.3 is 0 Å². The molecule has 1 aromatic carbocycles. The molecule has 3 aromatic rings. The highest BCUT2D eigenvalue weighted by atomic mass is 32.1. The molecule has 0 N–H and O–H groups in total. The number of rotatable bonds is 7. The standard InChI is InChI=1S/C17H20N4O3S/c1-4-23-12-5-6-13-15(11-12)25-17(19-13)21(10-9-20(2)3)16(22)14-7-8-18-24-14/h5-8,11H,4,9-10H2,1-3H3. The van der Waals surface area contributed by atoms with E-state index in [0.717, 1.165) is 16.0 Å². The van der Waals surface area contributed by atoms with Gasteiger partial charge in [0.2, 0.25) is 5.76 Å². The van der Waals surface area contributed by atoms with E-state index in [1.165, 1.54) is 17.5 Å². The fourth-order valence-corrected chi connectivity index (χ4v) is 3.33. The number of thiazole rings is 1. The Labute approximate surface area is 149 Å². The van der Waals surface area contributed by atoms with Crippen molar-refractivity contribution in [3.05, 3.63) is 36.2 Å². The molecule has 0 aliphatic rings. The van der Waals surface area contributed by atoms with Crippen molar-refractivity contribution in [3.63, 3.8) is 0 Å². The fraction of sp³-hybridized carbons (Fsp3) is 0.353. The summed E-state index contributed by atoms with van der Waals surface area (Å²) in [5, 5.41) is 4.25. The van der Waals surface area contributed by atoms with E-state index in [4.69, 9.17) is 9.26 Å². The zero-order valence-electron chi connectivity index (χ0n) is 14.4. The summed E-state index contributed by atoms with van der Waals surface area (Å²) < 4.78 is 11.5. The summed E-state index contributed by atoms with van der Waals surface area (Å²) in [5.74, 6) is 0.753. The lowest BCUT2D eigenvalue weighted by Crippen LogP contribution is -2.36. The maximum Gasteiger partial charge on any atom is 0.298 e. The Kier molecular flexibility index (Phi) is 5.30. The van der Waals surface area contributed by atoms with E-state index in [2.05, 4.69) is 10.1 Å². The molecular formula is C17H20N4O3S. The summed E-state index contributed by atoms with van der Waals surface area (Å²) in [7, 11) is 3.92. The second-order valence-corrected chi connectivity index (χ2v) is 6.70. The second kappa shape index (κ2) is 7.62. The molecule has 0 spiro atoms. The van der Waals surface area contributed by atoms with Gasteiger partial charge in [0.15, 0.2) is 5.13 Å². The normalized spacial score (nSPS) is 11.2. The van der Waals surface area contributed by atoms with Crippen LogP contribution in [0.25, 0.3) is 10.2 Å². The van der Waals surface area contributed by atoms with Gasteiger partial charge in [-0.2, -0.15) is 0 Å². The van der Waals surface area contributed by atoms with E-state index < -0.39 is 0 Å². The Morgan fingerprint density at radius 1 is 1.28 bits per heavy atom. The van der Waals surface area contributed by atoms with Gasteiger partial charge in [0.25, 0.3) is 5.91 Å². The topological polar surface area (TPSA) is 71.7 Å². The second-order valence-electron chi connectivity index (χ2n) is 5.70. The molecule has 0 radical (unpaired) electrons. The van der Waals surface area contributed by atoms with Crippen molar-refractivity contribution in [1.82, 2.24) is 15.0 Å². The minimum Gasteiger partial charge on any atom is -0.494 e. The number of likely N-dealkylation sites (N-methyl/N-ethyl adjacent to an activating group) is 1. The Balaban J connectivity index is 1.94. The van der Waals surface area contributed by atoms with Gasteiger partial charge in [0, 0.05) is 19.2 Å². The van der Waals surface area contributed by atoms with Crippen molar-refractivity contribution in [2.75, 3.05) is 38.7 Å². The van der Waals surface area contributed by atoms with Crippen LogP contribution in [0.4, 0.5) is 5.13 Å². The molecule has 0 fully saturated rings. The third-order valence-corrected chi connectivity index (χ3v) is 4.60. The fourth-order valence-electron chi connectivity index (χ4n) is 2.31. The lowest BCUT2D eigenvalue weighted by molar-refractivity contribution is 0.0949. The summed E-state index contributed by atoms with van der Waals surface area (Å²) in [5.41, 5.74) is 0.837. The van der Waals surface area contributed by atoms with Crippen molar-refractivity contribution in [1.29, 1.82) is 0 Å². The van der Waals surface area contributed by atoms with E-state index in [9.17, 15) is 4.79 Å². The quantitative estimate of drug-likeness (QED) is 0.645. The highest BCUT2D eigenvalue weighted by Crippen LogP contribution is 2.32. The summed E-state index contributed by atoms with van der Waals surface area (Å²) >= 11 is 1.46. The SMILES string of the molecule is CCOc1ccc2nc(N(CCN(C)C)C(=O)c3ccno3)sc2c1. The lowest BCUT2D eigenvalue weighted by atomic mass is 10.3. The Bertz CT molecular complexity index is 845. The average molecular weight is 360 g/mol. The monoisotopic (exact) mass is 360 g/mol.